The number of carbonyl (C=O) groups excluding carboxylic acids is 1. The first-order valence-electron chi connectivity index (χ1n) is 11.3. The maximum absolute atomic E-state index is 10.1. The number of aliphatic hydroxyl groups excluding tert-OH is 3. The predicted molar refractivity (Wildman–Crippen MR) is 156 cm³/mol. The van der Waals surface area contributed by atoms with E-state index < -0.39 is 23.3 Å². The largest absolute Gasteiger partial charge is 0.481 e. The van der Waals surface area contributed by atoms with Crippen molar-refractivity contribution < 1.29 is 54.0 Å². The van der Waals surface area contributed by atoms with E-state index in [1.54, 1.807) is 20.8 Å². The van der Waals surface area contributed by atoms with E-state index >= 15 is 0 Å². The van der Waals surface area contributed by atoms with Gasteiger partial charge in [-0.3, -0.25) is 19.2 Å². The Kier molecular flexibility index (Phi) is 39.0. The molecule has 3 atom stereocenters. The Balaban J connectivity index is -0.000000116. The molecule has 0 aliphatic carbocycles. The summed E-state index contributed by atoms with van der Waals surface area (Å²) in [6.07, 6.45) is 2.30. The highest BCUT2D eigenvalue weighted by Gasteiger charge is 2.24. The number of thiol groups is 4. The van der Waals surface area contributed by atoms with Gasteiger partial charge in [0.1, 0.15) is 0 Å². The first-order valence-corrected chi connectivity index (χ1v) is 13.2. The standard InChI is InChI=1S/C6H14O3.4C4H8O2S/c1-2-6(3-7,4-8)5-9;3*1-3(7)2-4(5)6;1-2-3-4(5)6-7/h7-9H,2-5H2,1H3;3*3,7H,2H2,1H3,(H,5,6);7H,2-3H2,1H3. The zero-order chi connectivity index (χ0) is 30.6. The molecule has 0 aliphatic heterocycles. The van der Waals surface area contributed by atoms with Gasteiger partial charge in [0.15, 0.2) is 0 Å². The Morgan fingerprint density at radius 1 is 0.703 bits per heavy atom. The summed E-state index contributed by atoms with van der Waals surface area (Å²) in [6.45, 7) is 8.50. The Morgan fingerprint density at radius 3 is 1.00 bits per heavy atom. The van der Waals surface area contributed by atoms with Crippen molar-refractivity contribution in [2.45, 2.75) is 88.9 Å². The molecule has 11 nitrogen and oxygen atoms in total. The fourth-order valence-electron chi connectivity index (χ4n) is 1.49. The van der Waals surface area contributed by atoms with Crippen molar-refractivity contribution in [2.24, 2.45) is 5.41 Å². The number of aliphatic hydroxyl groups is 3. The van der Waals surface area contributed by atoms with Crippen LogP contribution in [0.3, 0.4) is 0 Å². The Bertz CT molecular complexity index is 506. The van der Waals surface area contributed by atoms with E-state index in [1.165, 1.54) is 0 Å². The molecule has 0 spiro atoms. The summed E-state index contributed by atoms with van der Waals surface area (Å²) >= 11 is 14.9. The van der Waals surface area contributed by atoms with Gasteiger partial charge in [-0.1, -0.05) is 34.6 Å². The van der Waals surface area contributed by atoms with Gasteiger partial charge in [-0.2, -0.15) is 37.9 Å². The van der Waals surface area contributed by atoms with E-state index in [-0.39, 0.29) is 60.8 Å². The van der Waals surface area contributed by atoms with Crippen LogP contribution in [0.15, 0.2) is 0 Å². The van der Waals surface area contributed by atoms with Gasteiger partial charge in [0.2, 0.25) is 0 Å². The van der Waals surface area contributed by atoms with Crippen LogP contribution in [-0.4, -0.2) is 90.1 Å². The van der Waals surface area contributed by atoms with E-state index in [2.05, 4.69) is 55.0 Å². The van der Waals surface area contributed by atoms with E-state index in [0.29, 0.717) is 12.8 Å². The molecule has 0 saturated carbocycles. The zero-order valence-corrected chi connectivity index (χ0v) is 25.7. The van der Waals surface area contributed by atoms with E-state index in [9.17, 15) is 19.2 Å². The molecule has 15 heteroatoms. The quantitative estimate of drug-likeness (QED) is 0.115. The molecular weight excluding hydrogens is 568 g/mol. The van der Waals surface area contributed by atoms with E-state index in [0.717, 1.165) is 6.42 Å². The topological polar surface area (TPSA) is 199 Å². The van der Waals surface area contributed by atoms with Gasteiger partial charge in [0.25, 0.3) is 0 Å². The van der Waals surface area contributed by atoms with Crippen LogP contribution in [0.25, 0.3) is 0 Å². The second-order valence-electron chi connectivity index (χ2n) is 7.88. The summed E-state index contributed by atoms with van der Waals surface area (Å²) in [6, 6.07) is 0. The average Bonchev–Trinajstić information content (AvgIpc) is 2.75. The molecule has 0 radical (unpaired) electrons. The van der Waals surface area contributed by atoms with Gasteiger partial charge in [0.05, 0.1) is 39.1 Å². The van der Waals surface area contributed by atoms with Crippen molar-refractivity contribution in [1.82, 2.24) is 0 Å². The third kappa shape index (κ3) is 48.8. The lowest BCUT2D eigenvalue weighted by Gasteiger charge is -2.24. The van der Waals surface area contributed by atoms with Gasteiger partial charge in [-0.15, -0.1) is 0 Å². The third-order valence-electron chi connectivity index (χ3n) is 3.72. The highest BCUT2D eigenvalue weighted by molar-refractivity contribution is 7.81. The van der Waals surface area contributed by atoms with Crippen LogP contribution in [0.2, 0.25) is 0 Å². The summed E-state index contributed by atoms with van der Waals surface area (Å²) in [5, 5.41) is 50.0. The summed E-state index contributed by atoms with van der Waals surface area (Å²) < 4.78 is 4.05. The van der Waals surface area contributed by atoms with Crippen LogP contribution in [-0.2, 0) is 23.4 Å². The van der Waals surface area contributed by atoms with Gasteiger partial charge in [-0.05, 0) is 12.8 Å². The summed E-state index contributed by atoms with van der Waals surface area (Å²) in [5.74, 6) is -2.63. The molecule has 0 heterocycles. The normalized spacial score (nSPS) is 12.1. The number of aliphatic carboxylic acids is 3. The Morgan fingerprint density at radius 2 is 0.973 bits per heavy atom. The van der Waals surface area contributed by atoms with Crippen molar-refractivity contribution in [3.05, 3.63) is 0 Å². The summed E-state index contributed by atoms with van der Waals surface area (Å²) in [7, 11) is 0. The van der Waals surface area contributed by atoms with Crippen molar-refractivity contribution in [2.75, 3.05) is 19.8 Å². The molecule has 0 aromatic carbocycles. The molecule has 0 aromatic rings. The maximum Gasteiger partial charge on any atom is 0.317 e. The summed E-state index contributed by atoms with van der Waals surface area (Å²) in [5.41, 5.74) is -0.667. The Hall–Kier alpha value is -0.840. The molecule has 0 aromatic heterocycles. The summed E-state index contributed by atoms with van der Waals surface area (Å²) in [4.78, 5) is 39.4. The number of rotatable bonds is 12. The van der Waals surface area contributed by atoms with Gasteiger partial charge in [0, 0.05) is 40.5 Å². The first-order chi connectivity index (χ1) is 16.9. The number of carboxylic acid groups (broad SMARTS) is 3. The van der Waals surface area contributed by atoms with Crippen molar-refractivity contribution in [3.8, 4) is 0 Å². The van der Waals surface area contributed by atoms with Crippen molar-refractivity contribution in [1.29, 1.82) is 0 Å². The third-order valence-corrected chi connectivity index (χ3v) is 4.47. The lowest BCUT2D eigenvalue weighted by atomic mass is 9.88. The monoisotopic (exact) mass is 614 g/mol. The fraction of sp³-hybridized carbons (Fsp3) is 0.818. The van der Waals surface area contributed by atoms with Crippen LogP contribution in [0.4, 0.5) is 0 Å². The van der Waals surface area contributed by atoms with Crippen LogP contribution in [0.1, 0.15) is 73.1 Å². The van der Waals surface area contributed by atoms with Gasteiger partial charge in [-0.25, -0.2) is 0 Å². The minimum atomic E-state index is -0.789. The van der Waals surface area contributed by atoms with Crippen LogP contribution in [0.5, 0.6) is 0 Å². The van der Waals surface area contributed by atoms with Crippen LogP contribution < -0.4 is 0 Å². The first kappa shape index (κ1) is 46.0. The molecule has 0 aliphatic rings. The molecule has 0 bridgehead atoms. The molecule has 224 valence electrons. The molecule has 37 heavy (non-hydrogen) atoms. The molecule has 0 rings (SSSR count). The molecule has 0 fully saturated rings. The van der Waals surface area contributed by atoms with Gasteiger partial charge >= 0.3 is 23.9 Å². The molecule has 0 amide bonds. The number of hydrogen-bond acceptors (Lipinski definition) is 12. The van der Waals surface area contributed by atoms with Crippen molar-refractivity contribution in [3.63, 3.8) is 0 Å². The van der Waals surface area contributed by atoms with Crippen LogP contribution in [0, 0.1) is 5.41 Å². The predicted octanol–water partition coefficient (Wildman–Crippen LogP) is 2.87. The lowest BCUT2D eigenvalue weighted by Crippen LogP contribution is -2.32. The molecule has 0 saturated heterocycles. The lowest BCUT2D eigenvalue weighted by molar-refractivity contribution is -0.137. The Labute approximate surface area is 242 Å². The highest BCUT2D eigenvalue weighted by atomic mass is 32.1. The minimum absolute atomic E-state index is 0.0301. The second kappa shape index (κ2) is 31.4. The maximum atomic E-state index is 10.1. The number of hydrogen-bond donors (Lipinski definition) is 10. The zero-order valence-electron chi connectivity index (χ0n) is 22.1. The number of carboxylic acids is 3. The fourth-order valence-corrected chi connectivity index (χ4v) is 2.05. The minimum Gasteiger partial charge on any atom is -0.481 e. The van der Waals surface area contributed by atoms with E-state index in [4.69, 9.17) is 30.6 Å². The van der Waals surface area contributed by atoms with Crippen molar-refractivity contribution >= 4 is 74.7 Å². The SMILES string of the molecule is CC(S)CC(=O)O.CC(S)CC(=O)O.CC(S)CC(=O)O.CCC(CO)(CO)CO.CCCC(=O)OS. The average molecular weight is 615 g/mol. The second-order valence-corrected chi connectivity index (χ2v) is 10.7. The van der Waals surface area contributed by atoms with Gasteiger partial charge < -0.3 is 34.8 Å². The molecule has 6 N–H and O–H groups in total. The highest BCUT2D eigenvalue weighted by Crippen LogP contribution is 2.18. The van der Waals surface area contributed by atoms with Crippen LogP contribution >= 0.6 is 50.8 Å². The smallest absolute Gasteiger partial charge is 0.317 e. The molecule has 3 unspecified atom stereocenters. The molecular formula is C22H46O11S4. The van der Waals surface area contributed by atoms with E-state index in [1.807, 2.05) is 13.8 Å². The number of carbonyl (C=O) groups is 4.